The van der Waals surface area contributed by atoms with E-state index in [9.17, 15) is 9.90 Å². The lowest BCUT2D eigenvalue weighted by Crippen LogP contribution is -2.40. The van der Waals surface area contributed by atoms with Gasteiger partial charge in [0.05, 0.1) is 12.2 Å². The number of para-hydroxylation sites is 2. The van der Waals surface area contributed by atoms with Gasteiger partial charge < -0.3 is 15.0 Å². The van der Waals surface area contributed by atoms with Crippen molar-refractivity contribution in [3.63, 3.8) is 0 Å². The first-order valence-electron chi connectivity index (χ1n) is 8.94. The molecule has 1 atom stereocenters. The predicted octanol–water partition coefficient (Wildman–Crippen LogP) is 3.95. The highest BCUT2D eigenvalue weighted by molar-refractivity contribution is 6.11. The first kappa shape index (κ1) is 15.9. The van der Waals surface area contributed by atoms with Gasteiger partial charge in [-0.25, -0.2) is 0 Å². The third-order valence-corrected chi connectivity index (χ3v) is 5.30. The van der Waals surface area contributed by atoms with Gasteiger partial charge in [-0.1, -0.05) is 66.7 Å². The number of anilines is 1. The molecular weight excluding hydrogens is 336 g/mol. The van der Waals surface area contributed by atoms with E-state index in [2.05, 4.69) is 4.98 Å². The molecule has 2 heterocycles. The number of aromatic nitrogens is 1. The second kappa shape index (κ2) is 5.83. The van der Waals surface area contributed by atoms with Gasteiger partial charge in [0, 0.05) is 28.2 Å². The van der Waals surface area contributed by atoms with Gasteiger partial charge in [-0.3, -0.25) is 4.79 Å². The number of fused-ring (bicyclic) bond motifs is 2. The fourth-order valence-electron chi connectivity index (χ4n) is 3.99. The molecule has 2 N–H and O–H groups in total. The molecule has 1 aliphatic heterocycles. The van der Waals surface area contributed by atoms with Crippen molar-refractivity contribution >= 4 is 22.5 Å². The second-order valence-electron chi connectivity index (χ2n) is 6.85. The van der Waals surface area contributed by atoms with E-state index in [1.54, 1.807) is 11.1 Å². The third kappa shape index (κ3) is 2.24. The highest BCUT2D eigenvalue weighted by Crippen LogP contribution is 2.46. The minimum atomic E-state index is -1.70. The highest BCUT2D eigenvalue weighted by Gasteiger charge is 2.51. The first-order valence-corrected chi connectivity index (χ1v) is 8.94. The van der Waals surface area contributed by atoms with Crippen LogP contribution in [0.5, 0.6) is 0 Å². The maximum absolute atomic E-state index is 13.5. The molecule has 0 aliphatic carbocycles. The zero-order chi connectivity index (χ0) is 18.4. The zero-order valence-corrected chi connectivity index (χ0v) is 14.6. The molecule has 4 heteroatoms. The number of hydrogen-bond donors (Lipinski definition) is 2. The average molecular weight is 354 g/mol. The summed E-state index contributed by atoms with van der Waals surface area (Å²) in [5.74, 6) is -0.322. The van der Waals surface area contributed by atoms with E-state index in [-0.39, 0.29) is 5.91 Å². The van der Waals surface area contributed by atoms with E-state index in [1.165, 1.54) is 0 Å². The summed E-state index contributed by atoms with van der Waals surface area (Å²) in [5, 5.41) is 12.6. The number of carbonyl (C=O) groups is 1. The van der Waals surface area contributed by atoms with Crippen LogP contribution in [0.25, 0.3) is 10.9 Å². The number of rotatable bonds is 3. The molecule has 0 unspecified atom stereocenters. The Morgan fingerprint density at radius 2 is 1.56 bits per heavy atom. The number of nitrogens with zero attached hydrogens (tertiary/aromatic N) is 1. The third-order valence-electron chi connectivity index (χ3n) is 5.30. The summed E-state index contributed by atoms with van der Waals surface area (Å²) >= 11 is 0. The van der Waals surface area contributed by atoms with Crippen LogP contribution in [0.15, 0.2) is 85.1 Å². The molecule has 1 amide bonds. The molecule has 1 aliphatic rings. The molecule has 27 heavy (non-hydrogen) atoms. The number of hydrogen-bond acceptors (Lipinski definition) is 2. The minimum Gasteiger partial charge on any atom is -0.372 e. The minimum absolute atomic E-state index is 0.322. The number of nitrogens with one attached hydrogen (secondary N) is 1. The lowest BCUT2D eigenvalue weighted by Gasteiger charge is -2.23. The summed E-state index contributed by atoms with van der Waals surface area (Å²) in [7, 11) is 0. The van der Waals surface area contributed by atoms with E-state index in [1.807, 2.05) is 78.9 Å². The quantitative estimate of drug-likeness (QED) is 0.585. The lowest BCUT2D eigenvalue weighted by molar-refractivity contribution is -0.132. The topological polar surface area (TPSA) is 56.3 Å². The first-order chi connectivity index (χ1) is 13.2. The van der Waals surface area contributed by atoms with E-state index in [0.717, 1.165) is 22.2 Å². The van der Waals surface area contributed by atoms with Gasteiger partial charge in [0.2, 0.25) is 0 Å². The van der Waals surface area contributed by atoms with E-state index in [4.69, 9.17) is 0 Å². The van der Waals surface area contributed by atoms with Gasteiger partial charge in [0.1, 0.15) is 0 Å². The van der Waals surface area contributed by atoms with Crippen molar-refractivity contribution in [2.75, 3.05) is 4.90 Å². The normalized spacial score (nSPS) is 18.9. The van der Waals surface area contributed by atoms with Crippen LogP contribution in [0.1, 0.15) is 16.7 Å². The van der Waals surface area contributed by atoms with Crippen molar-refractivity contribution in [3.05, 3.63) is 102 Å². The number of aromatic amines is 1. The lowest BCUT2D eigenvalue weighted by atomic mass is 9.87. The van der Waals surface area contributed by atoms with E-state index >= 15 is 0 Å². The summed E-state index contributed by atoms with van der Waals surface area (Å²) in [6.07, 6.45) is 1.74. The summed E-state index contributed by atoms with van der Waals surface area (Å²) in [4.78, 5) is 18.3. The van der Waals surface area contributed by atoms with Crippen LogP contribution in [0.2, 0.25) is 0 Å². The van der Waals surface area contributed by atoms with Crippen LogP contribution in [0, 0.1) is 0 Å². The molecule has 132 valence electrons. The van der Waals surface area contributed by atoms with Crippen LogP contribution >= 0.6 is 0 Å². The molecular formula is C23H18N2O2. The van der Waals surface area contributed by atoms with Crippen LogP contribution in [0.3, 0.4) is 0 Å². The Labute approximate surface area is 156 Å². The molecule has 0 saturated carbocycles. The average Bonchev–Trinajstić information content (AvgIpc) is 3.24. The van der Waals surface area contributed by atoms with Gasteiger partial charge in [0.15, 0.2) is 5.60 Å². The standard InChI is InChI=1S/C23H18N2O2/c26-22-23(27,19-14-24-20-12-6-4-10-17(19)20)18-11-5-7-13-21(18)25(22)15-16-8-2-1-3-9-16/h1-14,24,27H,15H2/t23-/m1/s1. The number of carbonyl (C=O) groups excluding carboxylic acids is 1. The Hall–Kier alpha value is -3.37. The molecule has 0 radical (unpaired) electrons. The molecule has 0 saturated heterocycles. The van der Waals surface area contributed by atoms with Gasteiger partial charge in [-0.2, -0.15) is 0 Å². The van der Waals surface area contributed by atoms with Gasteiger partial charge in [0.25, 0.3) is 5.91 Å². The summed E-state index contributed by atoms with van der Waals surface area (Å²) < 4.78 is 0. The van der Waals surface area contributed by atoms with Gasteiger partial charge >= 0.3 is 0 Å². The smallest absolute Gasteiger partial charge is 0.268 e. The summed E-state index contributed by atoms with van der Waals surface area (Å²) in [6, 6.07) is 25.0. The molecule has 1 aromatic heterocycles. The molecule has 5 rings (SSSR count). The number of H-pyrrole nitrogens is 1. The predicted molar refractivity (Wildman–Crippen MR) is 105 cm³/mol. The molecule has 3 aromatic carbocycles. The second-order valence-corrected chi connectivity index (χ2v) is 6.85. The Bertz CT molecular complexity index is 1150. The molecule has 0 fully saturated rings. The maximum atomic E-state index is 13.5. The summed E-state index contributed by atoms with van der Waals surface area (Å²) in [6.45, 7) is 0.418. The number of amides is 1. The molecule has 4 aromatic rings. The fraction of sp³-hybridized carbons (Fsp3) is 0.0870. The Kier molecular flexibility index (Phi) is 3.42. The maximum Gasteiger partial charge on any atom is 0.268 e. The van der Waals surface area contributed by atoms with Crippen molar-refractivity contribution in [1.82, 2.24) is 4.98 Å². The van der Waals surface area contributed by atoms with Crippen LogP contribution in [-0.2, 0) is 16.9 Å². The van der Waals surface area contributed by atoms with Crippen LogP contribution in [-0.4, -0.2) is 16.0 Å². The largest absolute Gasteiger partial charge is 0.372 e. The number of benzene rings is 3. The van der Waals surface area contributed by atoms with Crippen molar-refractivity contribution in [3.8, 4) is 0 Å². The van der Waals surface area contributed by atoms with Crippen molar-refractivity contribution in [2.24, 2.45) is 0 Å². The van der Waals surface area contributed by atoms with Crippen molar-refractivity contribution < 1.29 is 9.90 Å². The van der Waals surface area contributed by atoms with Gasteiger partial charge in [-0.05, 0) is 17.7 Å². The molecule has 0 spiro atoms. The van der Waals surface area contributed by atoms with Crippen LogP contribution in [0.4, 0.5) is 5.69 Å². The van der Waals surface area contributed by atoms with Crippen molar-refractivity contribution in [2.45, 2.75) is 12.1 Å². The zero-order valence-electron chi connectivity index (χ0n) is 14.6. The SMILES string of the molecule is O=C1N(Cc2ccccc2)c2ccccc2[C@@]1(O)c1c[nH]c2ccccc12. The van der Waals surface area contributed by atoms with E-state index < -0.39 is 5.60 Å². The van der Waals surface area contributed by atoms with E-state index in [0.29, 0.717) is 17.7 Å². The highest BCUT2D eigenvalue weighted by atomic mass is 16.3. The Morgan fingerprint density at radius 1 is 0.852 bits per heavy atom. The van der Waals surface area contributed by atoms with Gasteiger partial charge in [-0.15, -0.1) is 0 Å². The molecule has 4 nitrogen and oxygen atoms in total. The monoisotopic (exact) mass is 354 g/mol. The molecule has 0 bridgehead atoms. The van der Waals surface area contributed by atoms with Crippen molar-refractivity contribution in [1.29, 1.82) is 0 Å². The summed E-state index contributed by atoms with van der Waals surface area (Å²) in [5.41, 5.74) is 2.17. The fourth-order valence-corrected chi connectivity index (χ4v) is 3.99. The van der Waals surface area contributed by atoms with Crippen LogP contribution < -0.4 is 4.90 Å². The Balaban J connectivity index is 1.68. The number of aliphatic hydroxyl groups is 1. The Morgan fingerprint density at radius 3 is 2.41 bits per heavy atom.